The fourth-order valence-corrected chi connectivity index (χ4v) is 3.52. The topological polar surface area (TPSA) is 64.6 Å². The number of halogens is 2. The zero-order chi connectivity index (χ0) is 16.9. The molecule has 0 radical (unpaired) electrons. The van der Waals surface area contributed by atoms with Gasteiger partial charge in [-0.05, 0) is 42.5 Å². The third-order valence-electron chi connectivity index (χ3n) is 2.87. The van der Waals surface area contributed by atoms with E-state index in [9.17, 15) is 8.42 Å². The average molecular weight is 376 g/mol. The van der Waals surface area contributed by atoms with Crippen LogP contribution in [0.3, 0.4) is 0 Å². The highest BCUT2D eigenvalue weighted by molar-refractivity contribution is 7.89. The van der Waals surface area contributed by atoms with Crippen LogP contribution in [0.25, 0.3) is 0 Å². The summed E-state index contributed by atoms with van der Waals surface area (Å²) in [6.45, 7) is 0.290. The molecule has 2 aromatic rings. The van der Waals surface area contributed by atoms with E-state index in [4.69, 9.17) is 32.7 Å². The Morgan fingerprint density at radius 3 is 2.13 bits per heavy atom. The van der Waals surface area contributed by atoms with Crippen LogP contribution in [0.5, 0.6) is 11.5 Å². The zero-order valence-corrected chi connectivity index (χ0v) is 14.6. The molecule has 5 nitrogen and oxygen atoms in total. The third kappa shape index (κ3) is 5.28. The predicted molar refractivity (Wildman–Crippen MR) is 90.1 cm³/mol. The number of hydrogen-bond acceptors (Lipinski definition) is 4. The first-order valence-corrected chi connectivity index (χ1v) is 8.87. The van der Waals surface area contributed by atoms with Crippen molar-refractivity contribution >= 4 is 33.2 Å². The molecular formula is C15H15Cl2NO4S. The average Bonchev–Trinajstić information content (AvgIpc) is 2.51. The molecule has 0 saturated heterocycles. The van der Waals surface area contributed by atoms with Gasteiger partial charge in [0.25, 0.3) is 0 Å². The van der Waals surface area contributed by atoms with Gasteiger partial charge in [0, 0.05) is 16.6 Å². The van der Waals surface area contributed by atoms with Crippen LogP contribution >= 0.6 is 23.2 Å². The molecule has 124 valence electrons. The molecule has 0 fully saturated rings. The lowest BCUT2D eigenvalue weighted by Crippen LogP contribution is -2.28. The monoisotopic (exact) mass is 375 g/mol. The molecule has 0 heterocycles. The van der Waals surface area contributed by atoms with Gasteiger partial charge in [-0.2, -0.15) is 0 Å². The Morgan fingerprint density at radius 1 is 1.00 bits per heavy atom. The van der Waals surface area contributed by atoms with Crippen molar-refractivity contribution in [2.75, 3.05) is 20.3 Å². The molecule has 0 aliphatic rings. The van der Waals surface area contributed by atoms with Crippen molar-refractivity contribution in [3.63, 3.8) is 0 Å². The van der Waals surface area contributed by atoms with E-state index in [1.807, 2.05) is 0 Å². The van der Waals surface area contributed by atoms with Crippen LogP contribution in [0.1, 0.15) is 0 Å². The van der Waals surface area contributed by atoms with E-state index in [2.05, 4.69) is 4.72 Å². The lowest BCUT2D eigenvalue weighted by Gasteiger charge is -2.09. The Balaban J connectivity index is 1.89. The summed E-state index contributed by atoms with van der Waals surface area (Å²) in [5, 5.41) is 0.514. The fraction of sp³-hybridized carbons (Fsp3) is 0.200. The number of hydrogen-bond donors (Lipinski definition) is 1. The highest BCUT2D eigenvalue weighted by Gasteiger charge is 2.15. The van der Waals surface area contributed by atoms with E-state index < -0.39 is 10.0 Å². The first kappa shape index (κ1) is 17.9. The Morgan fingerprint density at radius 2 is 1.57 bits per heavy atom. The maximum atomic E-state index is 12.1. The van der Waals surface area contributed by atoms with Crippen molar-refractivity contribution in [2.45, 2.75) is 4.90 Å². The predicted octanol–water partition coefficient (Wildman–Crippen LogP) is 3.36. The quantitative estimate of drug-likeness (QED) is 0.753. The van der Waals surface area contributed by atoms with E-state index >= 15 is 0 Å². The minimum Gasteiger partial charge on any atom is -0.497 e. The van der Waals surface area contributed by atoms with E-state index in [0.717, 1.165) is 5.75 Å². The van der Waals surface area contributed by atoms with Crippen LogP contribution in [-0.4, -0.2) is 28.7 Å². The molecule has 0 spiro atoms. The fourth-order valence-electron chi connectivity index (χ4n) is 1.78. The number of rotatable bonds is 7. The number of methoxy groups -OCH3 is 1. The maximum absolute atomic E-state index is 12.1. The second-order valence-electron chi connectivity index (χ2n) is 4.53. The summed E-state index contributed by atoms with van der Waals surface area (Å²) in [7, 11) is -2.11. The van der Waals surface area contributed by atoms with E-state index in [0.29, 0.717) is 5.75 Å². The second-order valence-corrected chi connectivity index (χ2v) is 7.17. The number of nitrogens with one attached hydrogen (secondary N) is 1. The smallest absolute Gasteiger partial charge is 0.240 e. The van der Waals surface area contributed by atoms with Gasteiger partial charge in [-0.25, -0.2) is 13.1 Å². The van der Waals surface area contributed by atoms with Crippen LogP contribution < -0.4 is 14.2 Å². The van der Waals surface area contributed by atoms with Crippen molar-refractivity contribution in [1.82, 2.24) is 4.72 Å². The molecule has 0 aliphatic carbocycles. The number of sulfonamides is 1. The normalized spacial score (nSPS) is 11.3. The van der Waals surface area contributed by atoms with Gasteiger partial charge in [0.15, 0.2) is 0 Å². The molecule has 8 heteroatoms. The van der Waals surface area contributed by atoms with Crippen molar-refractivity contribution in [3.8, 4) is 11.5 Å². The van der Waals surface area contributed by atoms with Gasteiger partial charge in [-0.15, -0.1) is 0 Å². The molecule has 0 saturated carbocycles. The molecule has 0 amide bonds. The number of benzene rings is 2. The van der Waals surface area contributed by atoms with E-state index in [-0.39, 0.29) is 28.1 Å². The number of ether oxygens (including phenoxy) is 2. The van der Waals surface area contributed by atoms with Crippen molar-refractivity contribution in [3.05, 3.63) is 52.5 Å². The largest absolute Gasteiger partial charge is 0.497 e. The Kier molecular flexibility index (Phi) is 6.12. The van der Waals surface area contributed by atoms with Gasteiger partial charge in [0.1, 0.15) is 18.1 Å². The van der Waals surface area contributed by atoms with Gasteiger partial charge in [0.2, 0.25) is 10.0 Å². The Bertz CT molecular complexity index is 743. The summed E-state index contributed by atoms with van der Waals surface area (Å²) >= 11 is 11.6. The SMILES string of the molecule is COc1ccc(OCCNS(=O)(=O)c2cc(Cl)cc(Cl)c2)cc1. The Labute approximate surface area is 145 Å². The summed E-state index contributed by atoms with van der Waals surface area (Å²) in [5.74, 6) is 1.34. The van der Waals surface area contributed by atoms with Crippen LogP contribution in [0.15, 0.2) is 47.4 Å². The first-order chi connectivity index (χ1) is 10.9. The van der Waals surface area contributed by atoms with E-state index in [1.54, 1.807) is 31.4 Å². The van der Waals surface area contributed by atoms with Crippen LogP contribution in [0.2, 0.25) is 10.0 Å². The molecule has 1 N–H and O–H groups in total. The second kappa shape index (κ2) is 7.88. The molecule has 23 heavy (non-hydrogen) atoms. The van der Waals surface area contributed by atoms with Gasteiger partial charge >= 0.3 is 0 Å². The zero-order valence-electron chi connectivity index (χ0n) is 12.3. The van der Waals surface area contributed by atoms with Gasteiger partial charge in [-0.3, -0.25) is 0 Å². The lowest BCUT2D eigenvalue weighted by atomic mass is 10.3. The maximum Gasteiger partial charge on any atom is 0.240 e. The highest BCUT2D eigenvalue weighted by atomic mass is 35.5. The summed E-state index contributed by atoms with van der Waals surface area (Å²) in [6.07, 6.45) is 0. The molecule has 0 aliphatic heterocycles. The van der Waals surface area contributed by atoms with E-state index in [1.165, 1.54) is 18.2 Å². The minimum absolute atomic E-state index is 0.0134. The van der Waals surface area contributed by atoms with Gasteiger partial charge in [0.05, 0.1) is 12.0 Å². The van der Waals surface area contributed by atoms with Crippen molar-refractivity contribution in [2.24, 2.45) is 0 Å². The van der Waals surface area contributed by atoms with Gasteiger partial charge in [-0.1, -0.05) is 23.2 Å². The van der Waals surface area contributed by atoms with Crippen molar-refractivity contribution < 1.29 is 17.9 Å². The van der Waals surface area contributed by atoms with Crippen molar-refractivity contribution in [1.29, 1.82) is 0 Å². The van der Waals surface area contributed by atoms with Crippen LogP contribution in [0, 0.1) is 0 Å². The Hall–Kier alpha value is -1.47. The van der Waals surface area contributed by atoms with Crippen LogP contribution in [-0.2, 0) is 10.0 Å². The molecule has 2 aromatic carbocycles. The van der Waals surface area contributed by atoms with Gasteiger partial charge < -0.3 is 9.47 Å². The molecule has 2 rings (SSSR count). The highest BCUT2D eigenvalue weighted by Crippen LogP contribution is 2.22. The summed E-state index contributed by atoms with van der Waals surface area (Å²) in [4.78, 5) is 0.0134. The molecule has 0 bridgehead atoms. The molecule has 0 atom stereocenters. The first-order valence-electron chi connectivity index (χ1n) is 6.63. The summed E-state index contributed by atoms with van der Waals surface area (Å²) in [5.41, 5.74) is 0. The third-order valence-corrected chi connectivity index (χ3v) is 4.75. The molecule has 0 aromatic heterocycles. The molecular weight excluding hydrogens is 361 g/mol. The summed E-state index contributed by atoms with van der Waals surface area (Å²) < 4.78 is 37.2. The van der Waals surface area contributed by atoms with Crippen LogP contribution in [0.4, 0.5) is 0 Å². The minimum atomic E-state index is -3.69. The lowest BCUT2D eigenvalue weighted by molar-refractivity contribution is 0.322. The summed E-state index contributed by atoms with van der Waals surface area (Å²) in [6, 6.07) is 11.1. The molecule has 0 unspecified atom stereocenters. The standard InChI is InChI=1S/C15H15Cl2NO4S/c1-21-13-2-4-14(5-3-13)22-7-6-18-23(19,20)15-9-11(16)8-12(17)10-15/h2-5,8-10,18H,6-7H2,1H3.